The molecular formula is C16H27N9O5S2. The van der Waals surface area contributed by atoms with E-state index in [2.05, 4.69) is 25.3 Å². The van der Waals surface area contributed by atoms with E-state index in [1.807, 2.05) is 0 Å². The lowest BCUT2D eigenvalue weighted by atomic mass is 9.91. The topological polar surface area (TPSA) is 236 Å². The average molecular weight is 490 g/mol. The van der Waals surface area contributed by atoms with E-state index in [1.165, 1.54) is 13.0 Å². The Bertz CT molecular complexity index is 1160. The van der Waals surface area contributed by atoms with Crippen LogP contribution < -0.4 is 26.2 Å². The van der Waals surface area contributed by atoms with Gasteiger partial charge in [-0.05, 0) is 37.1 Å². The van der Waals surface area contributed by atoms with Gasteiger partial charge >= 0.3 is 0 Å². The molecule has 32 heavy (non-hydrogen) atoms. The van der Waals surface area contributed by atoms with Crippen LogP contribution in [0.1, 0.15) is 19.8 Å². The van der Waals surface area contributed by atoms with Crippen molar-refractivity contribution in [1.82, 2.24) is 25.3 Å². The fourth-order valence-corrected chi connectivity index (χ4v) is 6.39. The van der Waals surface area contributed by atoms with Crippen molar-refractivity contribution in [3.05, 3.63) is 12.1 Å². The van der Waals surface area contributed by atoms with Crippen molar-refractivity contribution in [3.8, 4) is 11.4 Å². The Labute approximate surface area is 185 Å². The molecule has 0 radical (unpaired) electrons. The fraction of sp³-hybridized carbons (Fsp3) is 0.562. The largest absolute Gasteiger partial charge is 0.388 e. The van der Waals surface area contributed by atoms with Gasteiger partial charge < -0.3 is 21.5 Å². The van der Waals surface area contributed by atoms with Gasteiger partial charge in [0, 0.05) is 37.9 Å². The lowest BCUT2D eigenvalue weighted by molar-refractivity contribution is 0.0250. The van der Waals surface area contributed by atoms with Gasteiger partial charge in [0.2, 0.25) is 25.9 Å². The normalized spacial score (nSPS) is 18.0. The molecule has 2 aromatic rings. The second-order valence-electron chi connectivity index (χ2n) is 7.74. The Hall–Kier alpha value is -2.21. The predicted octanol–water partition coefficient (Wildman–Crippen LogP) is -2.57. The smallest absolute Gasteiger partial charge is 0.242 e. The molecule has 0 unspecified atom stereocenters. The zero-order valence-corrected chi connectivity index (χ0v) is 19.0. The van der Waals surface area contributed by atoms with Crippen LogP contribution >= 0.6 is 0 Å². The Kier molecular flexibility index (Phi) is 6.85. The van der Waals surface area contributed by atoms with Gasteiger partial charge in [0.25, 0.3) is 0 Å². The average Bonchev–Trinajstić information content (AvgIpc) is 3.27. The van der Waals surface area contributed by atoms with E-state index in [0.717, 1.165) is 6.07 Å². The van der Waals surface area contributed by atoms with Crippen molar-refractivity contribution < 1.29 is 21.9 Å². The number of primary sulfonamides is 1. The van der Waals surface area contributed by atoms with Gasteiger partial charge in [-0.1, -0.05) is 0 Å². The third kappa shape index (κ3) is 4.90. The molecule has 178 valence electrons. The monoisotopic (exact) mass is 489 g/mol. The second-order valence-corrected chi connectivity index (χ2v) is 10.9. The number of H-pyrrole nitrogens is 1. The summed E-state index contributed by atoms with van der Waals surface area (Å²) in [7, 11) is -8.89. The summed E-state index contributed by atoms with van der Waals surface area (Å²) in [6.45, 7) is 2.28. The van der Waals surface area contributed by atoms with Crippen molar-refractivity contribution in [2.24, 2.45) is 16.6 Å². The van der Waals surface area contributed by atoms with Crippen molar-refractivity contribution in [2.75, 3.05) is 31.1 Å². The number of hydrogen-bond acceptors (Lipinski definition) is 11. The van der Waals surface area contributed by atoms with Crippen LogP contribution in [0, 0.1) is 0 Å². The number of hydrogen-bond donors (Lipinski definition) is 6. The first-order chi connectivity index (χ1) is 14.9. The van der Waals surface area contributed by atoms with Gasteiger partial charge in [0.05, 0.1) is 11.2 Å². The Morgan fingerprint density at radius 1 is 1.25 bits per heavy atom. The second kappa shape index (κ2) is 8.97. The molecule has 1 fully saturated rings. The van der Waals surface area contributed by atoms with E-state index < -0.39 is 41.5 Å². The highest BCUT2D eigenvalue weighted by atomic mass is 32.2. The number of aromatic amines is 1. The van der Waals surface area contributed by atoms with Crippen LogP contribution in [0.4, 0.5) is 5.69 Å². The Morgan fingerprint density at radius 2 is 1.91 bits per heavy atom. The molecule has 16 heteroatoms. The fourth-order valence-electron chi connectivity index (χ4n) is 3.54. The molecule has 0 amide bonds. The molecule has 3 rings (SSSR count). The van der Waals surface area contributed by atoms with Crippen LogP contribution in [0.5, 0.6) is 0 Å². The first-order valence-corrected chi connectivity index (χ1v) is 12.8. The molecule has 1 aliphatic heterocycles. The summed E-state index contributed by atoms with van der Waals surface area (Å²) in [5.41, 5.74) is 10.3. The molecule has 14 nitrogen and oxygen atoms in total. The summed E-state index contributed by atoms with van der Waals surface area (Å²) in [5, 5.41) is 29.3. The van der Waals surface area contributed by atoms with E-state index in [4.69, 9.17) is 16.6 Å². The molecule has 1 aromatic carbocycles. The number of benzene rings is 1. The Morgan fingerprint density at radius 3 is 2.41 bits per heavy atom. The van der Waals surface area contributed by atoms with E-state index in [1.54, 1.807) is 4.90 Å². The molecule has 1 atom stereocenters. The highest BCUT2D eigenvalue weighted by Gasteiger charge is 2.36. The first-order valence-electron chi connectivity index (χ1n) is 9.75. The molecule has 0 saturated carbocycles. The summed E-state index contributed by atoms with van der Waals surface area (Å²) >= 11 is 0. The molecule has 1 aliphatic rings. The van der Waals surface area contributed by atoms with Gasteiger partial charge in [-0.2, -0.15) is 5.21 Å². The SMILES string of the molecule is C[C@@H](CN)NS(=O)(=O)c1ccc(N2CCC(O)(CN)CC2)c(-c2nn[nH]n2)c1S(N)(=O)=O. The zero-order chi connectivity index (χ0) is 23.7. The number of aromatic nitrogens is 4. The zero-order valence-electron chi connectivity index (χ0n) is 17.4. The van der Waals surface area contributed by atoms with Crippen LogP contribution in [0.15, 0.2) is 21.9 Å². The van der Waals surface area contributed by atoms with Gasteiger partial charge in [0.15, 0.2) is 0 Å². The van der Waals surface area contributed by atoms with Crippen molar-refractivity contribution in [3.63, 3.8) is 0 Å². The molecule has 1 saturated heterocycles. The third-order valence-corrected chi connectivity index (χ3v) is 8.12. The summed E-state index contributed by atoms with van der Waals surface area (Å²) < 4.78 is 53.6. The van der Waals surface area contributed by atoms with Crippen molar-refractivity contribution >= 4 is 25.7 Å². The van der Waals surface area contributed by atoms with Gasteiger partial charge in [-0.25, -0.2) is 26.7 Å². The lowest BCUT2D eigenvalue weighted by Crippen LogP contribution is -2.49. The highest BCUT2D eigenvalue weighted by molar-refractivity contribution is 7.92. The first kappa shape index (κ1) is 24.4. The molecule has 0 aliphatic carbocycles. The molecular weight excluding hydrogens is 462 g/mol. The lowest BCUT2D eigenvalue weighted by Gasteiger charge is -2.39. The number of nitrogens with two attached hydrogens (primary N) is 3. The summed E-state index contributed by atoms with van der Waals surface area (Å²) in [4.78, 5) is 0.573. The van der Waals surface area contributed by atoms with E-state index in [0.29, 0.717) is 31.6 Å². The number of piperidine rings is 1. The van der Waals surface area contributed by atoms with E-state index >= 15 is 0 Å². The van der Waals surface area contributed by atoms with Crippen LogP contribution in [0.3, 0.4) is 0 Å². The van der Waals surface area contributed by atoms with Crippen LogP contribution in [0.25, 0.3) is 11.4 Å². The summed E-state index contributed by atoms with van der Waals surface area (Å²) in [5.74, 6) is -0.146. The van der Waals surface area contributed by atoms with Gasteiger partial charge in [-0.15, -0.1) is 10.2 Å². The number of rotatable bonds is 8. The minimum absolute atomic E-state index is 0.00243. The number of aliphatic hydroxyl groups is 1. The third-order valence-electron chi connectivity index (χ3n) is 5.37. The maximum atomic E-state index is 13.0. The number of nitrogens with one attached hydrogen (secondary N) is 2. The molecule has 9 N–H and O–H groups in total. The Balaban J connectivity index is 2.23. The molecule has 0 spiro atoms. The number of sulfonamides is 2. The predicted molar refractivity (Wildman–Crippen MR) is 115 cm³/mol. The minimum Gasteiger partial charge on any atom is -0.388 e. The van der Waals surface area contributed by atoms with Crippen LogP contribution in [-0.2, 0) is 20.0 Å². The highest BCUT2D eigenvalue weighted by Crippen LogP contribution is 2.39. The van der Waals surface area contributed by atoms with Crippen LogP contribution in [0.2, 0.25) is 0 Å². The quantitative estimate of drug-likeness (QED) is 0.225. The summed E-state index contributed by atoms with van der Waals surface area (Å²) in [6.07, 6.45) is 0.658. The molecule has 0 bridgehead atoms. The maximum absolute atomic E-state index is 13.0. The number of tetrazole rings is 1. The van der Waals surface area contributed by atoms with E-state index in [9.17, 15) is 21.9 Å². The number of nitrogens with zero attached hydrogens (tertiary/aromatic N) is 4. The van der Waals surface area contributed by atoms with Crippen molar-refractivity contribution in [2.45, 2.75) is 41.2 Å². The minimum atomic E-state index is -4.57. The molecule has 1 aromatic heterocycles. The summed E-state index contributed by atoms with van der Waals surface area (Å²) in [6, 6.07) is 1.96. The molecule has 2 heterocycles. The van der Waals surface area contributed by atoms with Crippen LogP contribution in [-0.4, -0.2) is 80.4 Å². The van der Waals surface area contributed by atoms with E-state index in [-0.39, 0.29) is 24.5 Å². The number of anilines is 1. The van der Waals surface area contributed by atoms with Gasteiger partial charge in [-0.3, -0.25) is 0 Å². The maximum Gasteiger partial charge on any atom is 0.242 e. The van der Waals surface area contributed by atoms with Crippen molar-refractivity contribution in [1.29, 1.82) is 0 Å². The van der Waals surface area contributed by atoms with Gasteiger partial charge in [0.1, 0.15) is 9.79 Å². The standard InChI is InChI=1S/C16H27N9O5S2/c1-10(8-17)22-32(29,30)12-3-2-11(25-6-4-16(26,9-18)5-7-25)13(14(12)31(19,27)28)15-20-23-24-21-15/h2-3,10,22,26H,4-9,17-18H2,1H3,(H2,19,27,28)(H,20,21,23,24)/t10-/m0/s1.